The van der Waals surface area contributed by atoms with Crippen LogP contribution in [0.1, 0.15) is 25.0 Å². The predicted molar refractivity (Wildman–Crippen MR) is 155 cm³/mol. The lowest BCUT2D eigenvalue weighted by Gasteiger charge is -2.16. The number of carbonyl (C=O) groups is 1. The maximum Gasteiger partial charge on any atom is 0.248 e. The quantitative estimate of drug-likeness (QED) is 0.189. The Kier molecular flexibility index (Phi) is 10.8. The van der Waals surface area contributed by atoms with Gasteiger partial charge >= 0.3 is 0 Å². The van der Waals surface area contributed by atoms with Crippen molar-refractivity contribution >= 4 is 40.8 Å². The fraction of sp³-hybridized carbons (Fsp3) is 0.200. The van der Waals surface area contributed by atoms with E-state index < -0.39 is 0 Å². The molecular formula is C30H32ClN3O4. The van der Waals surface area contributed by atoms with E-state index in [9.17, 15) is 4.79 Å². The number of methoxy groups -OCH3 is 2. The lowest BCUT2D eigenvalue weighted by molar-refractivity contribution is -0.111. The maximum absolute atomic E-state index is 12.3. The summed E-state index contributed by atoms with van der Waals surface area (Å²) in [6.45, 7) is 4.41. The van der Waals surface area contributed by atoms with Gasteiger partial charge in [0.25, 0.3) is 0 Å². The van der Waals surface area contributed by atoms with E-state index in [1.165, 1.54) is 6.08 Å². The van der Waals surface area contributed by atoms with Crippen LogP contribution >= 0.6 is 11.6 Å². The molecule has 0 spiro atoms. The number of hydrogen-bond acceptors (Lipinski definition) is 6. The van der Waals surface area contributed by atoms with Gasteiger partial charge in [0.2, 0.25) is 11.7 Å². The van der Waals surface area contributed by atoms with Crippen LogP contribution in [0, 0.1) is 0 Å². The Morgan fingerprint density at radius 2 is 1.79 bits per heavy atom. The number of allylic oxidation sites excluding steroid dienone is 4. The van der Waals surface area contributed by atoms with Gasteiger partial charge in [-0.1, -0.05) is 48.9 Å². The average Bonchev–Trinajstić information content (AvgIpc) is 2.92. The molecule has 3 aromatic rings. The van der Waals surface area contributed by atoms with Crippen molar-refractivity contribution in [3.05, 3.63) is 95.2 Å². The third-order valence-corrected chi connectivity index (χ3v) is 5.64. The van der Waals surface area contributed by atoms with Gasteiger partial charge in [0.1, 0.15) is 5.82 Å². The highest BCUT2D eigenvalue weighted by Crippen LogP contribution is 2.41. The van der Waals surface area contributed by atoms with Crippen LogP contribution in [0.4, 0.5) is 17.2 Å². The van der Waals surface area contributed by atoms with Crippen LogP contribution in [0.2, 0.25) is 5.02 Å². The van der Waals surface area contributed by atoms with E-state index in [0.717, 1.165) is 28.9 Å². The molecule has 7 nitrogen and oxygen atoms in total. The van der Waals surface area contributed by atoms with Crippen LogP contribution in [0.5, 0.6) is 17.2 Å². The third kappa shape index (κ3) is 7.88. The number of aromatic nitrogens is 1. The van der Waals surface area contributed by atoms with Gasteiger partial charge in [-0.2, -0.15) is 0 Å². The molecule has 198 valence electrons. The predicted octanol–water partition coefficient (Wildman–Crippen LogP) is 7.22. The van der Waals surface area contributed by atoms with Gasteiger partial charge in [-0.15, -0.1) is 0 Å². The van der Waals surface area contributed by atoms with Crippen molar-refractivity contribution in [2.45, 2.75) is 20.3 Å². The standard InChI is InChI=1S/C30H32ClN3O4/c1-5-21-18-23(31)15-16-25(21)34-28(35)14-10-8-7-9-12-22-13-11-17-32-30(22)33-24-19-26(36-3)29(37-4)27(20-24)38-6-2/h7-20H,5-6H2,1-4H3,(H,32,33)(H,34,35)/b8-7+,12-9+,14-10+. The fourth-order valence-electron chi connectivity index (χ4n) is 3.64. The lowest BCUT2D eigenvalue weighted by atomic mass is 10.1. The normalized spacial score (nSPS) is 11.3. The molecule has 0 fully saturated rings. The largest absolute Gasteiger partial charge is 0.493 e. The fourth-order valence-corrected chi connectivity index (χ4v) is 3.83. The number of halogens is 1. The Bertz CT molecular complexity index is 1340. The zero-order valence-corrected chi connectivity index (χ0v) is 22.7. The number of carbonyl (C=O) groups excluding carboxylic acids is 1. The summed E-state index contributed by atoms with van der Waals surface area (Å²) in [5.41, 5.74) is 3.37. The van der Waals surface area contributed by atoms with E-state index >= 15 is 0 Å². The Morgan fingerprint density at radius 3 is 2.53 bits per heavy atom. The molecule has 0 aliphatic carbocycles. The lowest BCUT2D eigenvalue weighted by Crippen LogP contribution is -2.09. The zero-order chi connectivity index (χ0) is 27.3. The van der Waals surface area contributed by atoms with Gasteiger partial charge in [0, 0.05) is 46.4 Å². The summed E-state index contributed by atoms with van der Waals surface area (Å²) >= 11 is 6.04. The first-order valence-corrected chi connectivity index (χ1v) is 12.6. The topological polar surface area (TPSA) is 81.7 Å². The van der Waals surface area contributed by atoms with Crippen molar-refractivity contribution in [2.24, 2.45) is 0 Å². The molecule has 8 heteroatoms. The van der Waals surface area contributed by atoms with Crippen molar-refractivity contribution in [3.63, 3.8) is 0 Å². The van der Waals surface area contributed by atoms with Crippen LogP contribution < -0.4 is 24.8 Å². The smallest absolute Gasteiger partial charge is 0.248 e. The number of benzene rings is 2. The number of hydrogen-bond donors (Lipinski definition) is 2. The van der Waals surface area contributed by atoms with Crippen molar-refractivity contribution in [1.82, 2.24) is 4.98 Å². The van der Waals surface area contributed by atoms with Gasteiger partial charge in [0.15, 0.2) is 11.5 Å². The molecule has 0 saturated heterocycles. The van der Waals surface area contributed by atoms with E-state index in [0.29, 0.717) is 34.7 Å². The summed E-state index contributed by atoms with van der Waals surface area (Å²) in [5, 5.41) is 6.86. The van der Waals surface area contributed by atoms with E-state index in [2.05, 4.69) is 15.6 Å². The van der Waals surface area contributed by atoms with Crippen molar-refractivity contribution in [1.29, 1.82) is 0 Å². The first-order chi connectivity index (χ1) is 18.5. The number of rotatable bonds is 12. The van der Waals surface area contributed by atoms with Gasteiger partial charge in [-0.05, 0) is 49.2 Å². The van der Waals surface area contributed by atoms with Gasteiger partial charge in [-0.3, -0.25) is 4.79 Å². The summed E-state index contributed by atoms with van der Waals surface area (Å²) in [5.74, 6) is 2.11. The molecule has 1 amide bonds. The summed E-state index contributed by atoms with van der Waals surface area (Å²) < 4.78 is 16.6. The minimum atomic E-state index is -0.212. The number of pyridine rings is 1. The number of aryl methyl sites for hydroxylation is 1. The number of nitrogens with zero attached hydrogens (tertiary/aromatic N) is 1. The molecule has 2 N–H and O–H groups in total. The van der Waals surface area contributed by atoms with E-state index in [1.807, 2.05) is 68.5 Å². The minimum Gasteiger partial charge on any atom is -0.493 e. The second kappa shape index (κ2) is 14.5. The van der Waals surface area contributed by atoms with Gasteiger partial charge < -0.3 is 24.8 Å². The van der Waals surface area contributed by atoms with Crippen LogP contribution in [0.15, 0.2) is 79.0 Å². The Hall–Kier alpha value is -4.23. The van der Waals surface area contributed by atoms with Crippen LogP contribution in [-0.2, 0) is 11.2 Å². The van der Waals surface area contributed by atoms with Gasteiger partial charge in [-0.25, -0.2) is 4.98 Å². The monoisotopic (exact) mass is 533 g/mol. The number of ether oxygens (including phenoxy) is 3. The molecule has 0 aliphatic rings. The van der Waals surface area contributed by atoms with Crippen molar-refractivity contribution in [2.75, 3.05) is 31.5 Å². The maximum atomic E-state index is 12.3. The van der Waals surface area contributed by atoms with Crippen molar-refractivity contribution in [3.8, 4) is 17.2 Å². The van der Waals surface area contributed by atoms with E-state index in [1.54, 1.807) is 38.6 Å². The molecule has 38 heavy (non-hydrogen) atoms. The molecule has 3 rings (SSSR count). The van der Waals surface area contributed by atoms with Crippen LogP contribution in [0.3, 0.4) is 0 Å². The highest BCUT2D eigenvalue weighted by atomic mass is 35.5. The molecule has 0 saturated carbocycles. The first kappa shape index (κ1) is 28.3. The second-order valence-corrected chi connectivity index (χ2v) is 8.39. The summed E-state index contributed by atoms with van der Waals surface area (Å²) in [7, 11) is 3.16. The number of nitrogens with one attached hydrogen (secondary N) is 2. The van der Waals surface area contributed by atoms with Gasteiger partial charge in [0.05, 0.1) is 20.8 Å². The van der Waals surface area contributed by atoms with Crippen LogP contribution in [0.25, 0.3) is 6.08 Å². The molecule has 1 aromatic heterocycles. The zero-order valence-electron chi connectivity index (χ0n) is 22.0. The third-order valence-electron chi connectivity index (χ3n) is 5.41. The molecule has 0 aliphatic heterocycles. The first-order valence-electron chi connectivity index (χ1n) is 12.2. The summed E-state index contributed by atoms with van der Waals surface area (Å²) in [6, 6.07) is 12.9. The molecule has 2 aromatic carbocycles. The van der Waals surface area contributed by atoms with E-state index in [-0.39, 0.29) is 5.91 Å². The molecule has 0 bridgehead atoms. The molecule has 1 heterocycles. The summed E-state index contributed by atoms with van der Waals surface area (Å²) in [6.07, 6.45) is 13.1. The Labute approximate surface area is 228 Å². The number of amides is 1. The average molecular weight is 534 g/mol. The van der Waals surface area contributed by atoms with Crippen LogP contribution in [-0.4, -0.2) is 31.7 Å². The second-order valence-electron chi connectivity index (χ2n) is 7.96. The SMILES string of the molecule is CCOc1cc(Nc2ncccc2/C=C/C=C/C=C/C(=O)Nc2ccc(Cl)cc2CC)cc(OC)c1OC. The van der Waals surface area contributed by atoms with E-state index in [4.69, 9.17) is 25.8 Å². The molecule has 0 unspecified atom stereocenters. The Morgan fingerprint density at radius 1 is 1.00 bits per heavy atom. The molecule has 0 radical (unpaired) electrons. The van der Waals surface area contributed by atoms with Crippen molar-refractivity contribution < 1.29 is 19.0 Å². The molecule has 0 atom stereocenters. The molecular weight excluding hydrogens is 502 g/mol. The summed E-state index contributed by atoms with van der Waals surface area (Å²) in [4.78, 5) is 16.7. The minimum absolute atomic E-state index is 0.212. The number of anilines is 3. The highest BCUT2D eigenvalue weighted by Gasteiger charge is 2.14. The highest BCUT2D eigenvalue weighted by molar-refractivity contribution is 6.30. The Balaban J connectivity index is 1.66.